The van der Waals surface area contributed by atoms with Crippen LogP contribution in [0, 0.1) is 13.8 Å². The topological polar surface area (TPSA) is 106 Å². The maximum Gasteiger partial charge on any atom is 0.273 e. The number of nitrogens with one attached hydrogen (secondary N) is 2. The van der Waals surface area contributed by atoms with E-state index in [1.54, 1.807) is 11.7 Å². The summed E-state index contributed by atoms with van der Waals surface area (Å²) < 4.78 is 1.61. The van der Waals surface area contributed by atoms with Crippen LogP contribution in [-0.4, -0.2) is 32.8 Å². The molecule has 0 saturated carbocycles. The lowest BCUT2D eigenvalue weighted by molar-refractivity contribution is -0.122. The van der Waals surface area contributed by atoms with Gasteiger partial charge in [0.1, 0.15) is 0 Å². The maximum atomic E-state index is 12.5. The van der Waals surface area contributed by atoms with Crippen LogP contribution in [0.4, 0.5) is 0 Å². The number of fused-ring (bicyclic) bond motifs is 1. The van der Waals surface area contributed by atoms with Crippen LogP contribution in [0.2, 0.25) is 0 Å². The van der Waals surface area contributed by atoms with Gasteiger partial charge in [0.05, 0.1) is 17.3 Å². The number of rotatable bonds is 6. The Hall–Kier alpha value is -2.15. The number of pyridine rings is 1. The molecular weight excluding hydrogens is 306 g/mol. The molecule has 0 unspecified atom stereocenters. The molecule has 0 bridgehead atoms. The normalized spacial score (nSPS) is 11.9. The van der Waals surface area contributed by atoms with Crippen molar-refractivity contribution in [1.29, 1.82) is 0 Å². The molecule has 0 aromatic carbocycles. The van der Waals surface area contributed by atoms with Gasteiger partial charge in [-0.25, -0.2) is 4.98 Å². The van der Waals surface area contributed by atoms with E-state index in [0.29, 0.717) is 17.6 Å². The number of carbonyl (C=O) groups excluding carboxylic acids is 1. The zero-order valence-corrected chi connectivity index (χ0v) is 15.1. The van der Waals surface area contributed by atoms with Gasteiger partial charge in [0.15, 0.2) is 5.65 Å². The summed E-state index contributed by atoms with van der Waals surface area (Å²) in [5, 5.41) is 6.32. The smallest absolute Gasteiger partial charge is 0.273 e. The highest BCUT2D eigenvalue weighted by Gasteiger charge is 2.27. The second-order valence-corrected chi connectivity index (χ2v) is 6.42. The molecule has 2 aromatic heterocycles. The fourth-order valence-corrected chi connectivity index (χ4v) is 3.18. The molecule has 0 fully saturated rings. The maximum absolute atomic E-state index is 12.5. The van der Waals surface area contributed by atoms with E-state index in [0.717, 1.165) is 29.7 Å². The van der Waals surface area contributed by atoms with Gasteiger partial charge in [-0.2, -0.15) is 0 Å². The average molecular weight is 333 g/mol. The standard InChI is InChI=1S/C17H27N5O2/c1-6-17(7-2,9-18)20-13(23)8-12-10(3)14-15(19-11(12)4)22(5)21-16(14)24/h6-9,18H2,1-5H3,(H,20,23)(H,21,24). The number of carbonyl (C=O) groups is 1. The van der Waals surface area contributed by atoms with Crippen molar-refractivity contribution in [1.82, 2.24) is 20.1 Å². The van der Waals surface area contributed by atoms with Crippen molar-refractivity contribution in [3.63, 3.8) is 0 Å². The lowest BCUT2D eigenvalue weighted by atomic mass is 9.92. The minimum atomic E-state index is -0.374. The Bertz CT molecular complexity index is 806. The number of aromatic nitrogens is 3. The SMILES string of the molecule is CCC(CC)(CN)NC(=O)Cc1c(C)nc2c(c1C)c(=O)[nH]n2C. The van der Waals surface area contributed by atoms with Gasteiger partial charge in [-0.05, 0) is 37.8 Å². The predicted octanol–water partition coefficient (Wildman–Crippen LogP) is 1.05. The first-order valence-corrected chi connectivity index (χ1v) is 8.34. The number of hydrogen-bond acceptors (Lipinski definition) is 4. The Balaban J connectivity index is 2.38. The number of aromatic amines is 1. The molecule has 0 atom stereocenters. The second-order valence-electron chi connectivity index (χ2n) is 6.42. The monoisotopic (exact) mass is 333 g/mol. The number of amides is 1. The molecule has 2 aromatic rings. The molecule has 2 rings (SSSR count). The molecule has 24 heavy (non-hydrogen) atoms. The van der Waals surface area contributed by atoms with E-state index in [-0.39, 0.29) is 23.4 Å². The van der Waals surface area contributed by atoms with Crippen molar-refractivity contribution in [2.45, 2.75) is 52.5 Å². The highest BCUT2D eigenvalue weighted by molar-refractivity contribution is 5.85. The summed E-state index contributed by atoms with van der Waals surface area (Å²) in [6, 6.07) is 0. The van der Waals surface area contributed by atoms with Crippen LogP contribution in [0.1, 0.15) is 43.5 Å². The van der Waals surface area contributed by atoms with Crippen molar-refractivity contribution in [3.05, 3.63) is 27.2 Å². The molecular formula is C17H27N5O2. The summed E-state index contributed by atoms with van der Waals surface area (Å²) in [5.74, 6) is -0.0936. The van der Waals surface area contributed by atoms with Crippen molar-refractivity contribution < 1.29 is 4.79 Å². The van der Waals surface area contributed by atoms with Crippen LogP contribution < -0.4 is 16.6 Å². The number of nitrogens with two attached hydrogens (primary N) is 1. The first-order chi connectivity index (χ1) is 11.3. The van der Waals surface area contributed by atoms with E-state index in [2.05, 4.69) is 15.4 Å². The molecule has 0 aliphatic heterocycles. The van der Waals surface area contributed by atoms with Gasteiger partial charge >= 0.3 is 0 Å². The summed E-state index contributed by atoms with van der Waals surface area (Å²) >= 11 is 0. The number of aryl methyl sites for hydroxylation is 3. The lowest BCUT2D eigenvalue weighted by Gasteiger charge is -2.31. The average Bonchev–Trinajstić information content (AvgIpc) is 2.83. The molecule has 2 heterocycles. The van der Waals surface area contributed by atoms with E-state index in [1.165, 1.54) is 0 Å². The Labute approximate surface area is 141 Å². The van der Waals surface area contributed by atoms with Crippen LogP contribution in [0.25, 0.3) is 11.0 Å². The van der Waals surface area contributed by atoms with Gasteiger partial charge in [0.25, 0.3) is 5.56 Å². The molecule has 0 aliphatic carbocycles. The molecule has 4 N–H and O–H groups in total. The molecule has 1 amide bonds. The zero-order valence-electron chi connectivity index (χ0n) is 15.1. The summed E-state index contributed by atoms with van der Waals surface area (Å²) in [6.07, 6.45) is 1.75. The quantitative estimate of drug-likeness (QED) is 0.735. The minimum Gasteiger partial charge on any atom is -0.349 e. The van der Waals surface area contributed by atoms with Gasteiger partial charge < -0.3 is 11.1 Å². The Morgan fingerprint density at radius 1 is 1.33 bits per heavy atom. The summed E-state index contributed by atoms with van der Waals surface area (Å²) in [4.78, 5) is 29.1. The fraction of sp³-hybridized carbons (Fsp3) is 0.588. The van der Waals surface area contributed by atoms with Gasteiger partial charge in [-0.1, -0.05) is 13.8 Å². The molecule has 7 heteroatoms. The van der Waals surface area contributed by atoms with E-state index in [9.17, 15) is 9.59 Å². The first kappa shape index (κ1) is 18.2. The van der Waals surface area contributed by atoms with Crippen LogP contribution >= 0.6 is 0 Å². The molecule has 0 saturated heterocycles. The number of H-pyrrole nitrogens is 1. The second kappa shape index (κ2) is 6.76. The molecule has 0 spiro atoms. The third-order valence-electron chi connectivity index (χ3n) is 5.06. The van der Waals surface area contributed by atoms with E-state index in [1.807, 2.05) is 27.7 Å². The van der Waals surface area contributed by atoms with Crippen LogP contribution in [-0.2, 0) is 18.3 Å². The highest BCUT2D eigenvalue weighted by Crippen LogP contribution is 2.21. The minimum absolute atomic E-state index is 0.0936. The molecule has 0 radical (unpaired) electrons. The Morgan fingerprint density at radius 2 is 1.96 bits per heavy atom. The third-order valence-corrected chi connectivity index (χ3v) is 5.06. The van der Waals surface area contributed by atoms with Gasteiger partial charge in [0.2, 0.25) is 5.91 Å². The first-order valence-electron chi connectivity index (χ1n) is 8.34. The highest BCUT2D eigenvalue weighted by atomic mass is 16.1. The van der Waals surface area contributed by atoms with Gasteiger partial charge in [0, 0.05) is 19.3 Å². The van der Waals surface area contributed by atoms with Crippen LogP contribution in [0.5, 0.6) is 0 Å². The zero-order chi connectivity index (χ0) is 18.1. The van der Waals surface area contributed by atoms with Crippen LogP contribution in [0.15, 0.2) is 4.79 Å². The molecule has 7 nitrogen and oxygen atoms in total. The summed E-state index contributed by atoms with van der Waals surface area (Å²) in [5.41, 5.74) is 8.27. The number of hydrogen-bond donors (Lipinski definition) is 3. The molecule has 132 valence electrons. The summed E-state index contributed by atoms with van der Waals surface area (Å²) in [6.45, 7) is 8.17. The van der Waals surface area contributed by atoms with Crippen LogP contribution in [0.3, 0.4) is 0 Å². The lowest BCUT2D eigenvalue weighted by Crippen LogP contribution is -2.53. The van der Waals surface area contributed by atoms with Crippen molar-refractivity contribution >= 4 is 16.9 Å². The number of nitrogens with zero attached hydrogens (tertiary/aromatic N) is 2. The molecule has 0 aliphatic rings. The van der Waals surface area contributed by atoms with Gasteiger partial charge in [-0.3, -0.25) is 19.4 Å². The summed E-state index contributed by atoms with van der Waals surface area (Å²) in [7, 11) is 1.75. The Kier molecular flexibility index (Phi) is 5.13. The van der Waals surface area contributed by atoms with E-state index in [4.69, 9.17) is 5.73 Å². The van der Waals surface area contributed by atoms with E-state index < -0.39 is 0 Å². The fourth-order valence-electron chi connectivity index (χ4n) is 3.18. The Morgan fingerprint density at radius 3 is 2.50 bits per heavy atom. The predicted molar refractivity (Wildman–Crippen MR) is 95.0 cm³/mol. The largest absolute Gasteiger partial charge is 0.349 e. The van der Waals surface area contributed by atoms with Crippen molar-refractivity contribution in [3.8, 4) is 0 Å². The van der Waals surface area contributed by atoms with E-state index >= 15 is 0 Å². The third kappa shape index (κ3) is 3.08. The van der Waals surface area contributed by atoms with Gasteiger partial charge in [-0.15, -0.1) is 0 Å². The van der Waals surface area contributed by atoms with Crippen molar-refractivity contribution in [2.75, 3.05) is 6.54 Å². The van der Waals surface area contributed by atoms with Crippen molar-refractivity contribution in [2.24, 2.45) is 12.8 Å².